The molecular weight excluding hydrogens is 212 g/mol. The van der Waals surface area contributed by atoms with E-state index >= 15 is 0 Å². The van der Waals surface area contributed by atoms with Gasteiger partial charge < -0.3 is 4.74 Å². The zero-order chi connectivity index (χ0) is 10.9. The van der Waals surface area contributed by atoms with Crippen LogP contribution in [-0.4, -0.2) is 27.0 Å². The van der Waals surface area contributed by atoms with E-state index in [9.17, 15) is 8.42 Å². The Labute approximate surface area is 90.0 Å². The van der Waals surface area contributed by atoms with Crippen molar-refractivity contribution in [1.82, 2.24) is 0 Å². The van der Waals surface area contributed by atoms with Crippen LogP contribution in [0.4, 0.5) is 0 Å². The van der Waals surface area contributed by atoms with Crippen molar-refractivity contribution in [1.29, 1.82) is 0 Å². The largest absolute Gasteiger partial charge is 0.497 e. The summed E-state index contributed by atoms with van der Waals surface area (Å²) in [6, 6.07) is 7.65. The summed E-state index contributed by atoms with van der Waals surface area (Å²) in [7, 11) is -1.17. The topological polar surface area (TPSA) is 43.4 Å². The third-order valence-electron chi connectivity index (χ3n) is 2.82. The van der Waals surface area contributed by atoms with Crippen LogP contribution >= 0.6 is 0 Å². The minimum absolute atomic E-state index is 0.168. The Morgan fingerprint density at radius 2 is 1.93 bits per heavy atom. The van der Waals surface area contributed by atoms with Crippen molar-refractivity contribution in [2.24, 2.45) is 0 Å². The summed E-state index contributed by atoms with van der Waals surface area (Å²) < 4.78 is 27.7. The minimum Gasteiger partial charge on any atom is -0.497 e. The van der Waals surface area contributed by atoms with Crippen molar-refractivity contribution in [3.63, 3.8) is 0 Å². The van der Waals surface area contributed by atoms with Crippen LogP contribution in [0.1, 0.15) is 17.9 Å². The zero-order valence-electron chi connectivity index (χ0n) is 8.64. The van der Waals surface area contributed by atoms with E-state index in [2.05, 4.69) is 0 Å². The number of methoxy groups -OCH3 is 1. The van der Waals surface area contributed by atoms with E-state index in [4.69, 9.17) is 4.74 Å². The van der Waals surface area contributed by atoms with Crippen LogP contribution in [0, 0.1) is 0 Å². The lowest BCUT2D eigenvalue weighted by molar-refractivity contribution is 0.414. The summed E-state index contributed by atoms with van der Waals surface area (Å²) in [6.45, 7) is 0. The van der Waals surface area contributed by atoms with Gasteiger partial charge in [0.1, 0.15) is 5.75 Å². The first kappa shape index (κ1) is 10.5. The number of rotatable bonds is 2. The minimum atomic E-state index is -2.79. The summed E-state index contributed by atoms with van der Waals surface area (Å²) in [4.78, 5) is 0. The van der Waals surface area contributed by atoms with Gasteiger partial charge in [-0.15, -0.1) is 0 Å². The zero-order valence-corrected chi connectivity index (χ0v) is 9.46. The average molecular weight is 226 g/mol. The lowest BCUT2D eigenvalue weighted by atomic mass is 9.99. The normalized spacial score (nSPS) is 23.9. The second kappa shape index (κ2) is 3.85. The van der Waals surface area contributed by atoms with Crippen LogP contribution < -0.4 is 4.74 Å². The van der Waals surface area contributed by atoms with Crippen molar-refractivity contribution in [2.45, 2.75) is 12.3 Å². The van der Waals surface area contributed by atoms with Gasteiger partial charge in [-0.05, 0) is 30.0 Å². The Morgan fingerprint density at radius 3 is 2.40 bits per heavy atom. The van der Waals surface area contributed by atoms with E-state index in [0.29, 0.717) is 11.5 Å². The highest BCUT2D eigenvalue weighted by Gasteiger charge is 2.28. The first-order valence-electron chi connectivity index (χ1n) is 4.95. The Hall–Kier alpha value is -1.03. The fourth-order valence-corrected chi connectivity index (χ4v) is 3.72. The first-order valence-corrected chi connectivity index (χ1v) is 6.77. The van der Waals surface area contributed by atoms with E-state index in [-0.39, 0.29) is 5.92 Å². The second-order valence-electron chi connectivity index (χ2n) is 3.87. The van der Waals surface area contributed by atoms with Gasteiger partial charge in [0.15, 0.2) is 9.84 Å². The molecule has 1 fully saturated rings. The summed E-state index contributed by atoms with van der Waals surface area (Å²) in [5, 5.41) is 0. The van der Waals surface area contributed by atoms with Gasteiger partial charge in [0.05, 0.1) is 18.6 Å². The average Bonchev–Trinajstić information content (AvgIpc) is 2.59. The maximum absolute atomic E-state index is 11.3. The molecule has 1 saturated heterocycles. The van der Waals surface area contributed by atoms with E-state index in [1.54, 1.807) is 7.11 Å². The molecule has 0 bridgehead atoms. The molecule has 4 heteroatoms. The third kappa shape index (κ3) is 2.31. The van der Waals surface area contributed by atoms with E-state index in [1.807, 2.05) is 24.3 Å². The van der Waals surface area contributed by atoms with E-state index < -0.39 is 9.84 Å². The Balaban J connectivity index is 2.17. The summed E-state index contributed by atoms with van der Waals surface area (Å²) in [6.07, 6.45) is 0.745. The van der Waals surface area contributed by atoms with Crippen LogP contribution in [-0.2, 0) is 9.84 Å². The van der Waals surface area contributed by atoms with Crippen LogP contribution in [0.15, 0.2) is 24.3 Å². The fraction of sp³-hybridized carbons (Fsp3) is 0.455. The Morgan fingerprint density at radius 1 is 1.27 bits per heavy atom. The maximum atomic E-state index is 11.3. The van der Waals surface area contributed by atoms with Crippen LogP contribution in [0.2, 0.25) is 0 Å². The highest BCUT2D eigenvalue weighted by Crippen LogP contribution is 2.29. The molecule has 1 atom stereocenters. The molecule has 15 heavy (non-hydrogen) atoms. The van der Waals surface area contributed by atoms with Gasteiger partial charge in [-0.2, -0.15) is 0 Å². The smallest absolute Gasteiger partial charge is 0.150 e. The molecule has 0 aromatic heterocycles. The molecule has 0 N–H and O–H groups in total. The number of hydrogen-bond donors (Lipinski definition) is 0. The third-order valence-corrected chi connectivity index (χ3v) is 4.59. The molecule has 1 aliphatic rings. The number of benzene rings is 1. The molecule has 0 aliphatic carbocycles. The van der Waals surface area contributed by atoms with Gasteiger partial charge in [0.25, 0.3) is 0 Å². The van der Waals surface area contributed by atoms with Crippen LogP contribution in [0.25, 0.3) is 0 Å². The van der Waals surface area contributed by atoms with E-state index in [0.717, 1.165) is 17.7 Å². The van der Waals surface area contributed by atoms with Gasteiger partial charge in [-0.25, -0.2) is 8.42 Å². The molecule has 1 aromatic carbocycles. The van der Waals surface area contributed by atoms with Gasteiger partial charge in [-0.3, -0.25) is 0 Å². The van der Waals surface area contributed by atoms with Crippen molar-refractivity contribution >= 4 is 9.84 Å². The van der Waals surface area contributed by atoms with Crippen molar-refractivity contribution in [3.8, 4) is 5.75 Å². The summed E-state index contributed by atoms with van der Waals surface area (Å²) in [5.74, 6) is 1.59. The van der Waals surface area contributed by atoms with Crippen molar-refractivity contribution in [2.75, 3.05) is 18.6 Å². The molecule has 2 rings (SSSR count). The fourth-order valence-electron chi connectivity index (χ4n) is 1.93. The molecule has 0 amide bonds. The van der Waals surface area contributed by atoms with Crippen molar-refractivity contribution in [3.05, 3.63) is 29.8 Å². The highest BCUT2D eigenvalue weighted by molar-refractivity contribution is 7.91. The van der Waals surface area contributed by atoms with Crippen molar-refractivity contribution < 1.29 is 13.2 Å². The van der Waals surface area contributed by atoms with E-state index in [1.165, 1.54) is 0 Å². The molecule has 3 nitrogen and oxygen atoms in total. The molecule has 82 valence electrons. The molecule has 0 spiro atoms. The van der Waals surface area contributed by atoms with Gasteiger partial charge in [0.2, 0.25) is 0 Å². The van der Waals surface area contributed by atoms with Crippen LogP contribution in [0.3, 0.4) is 0 Å². The molecular formula is C11H14O3S. The standard InChI is InChI=1S/C11H14O3S/c1-14-11-4-2-9(3-5-11)10-6-7-15(12,13)8-10/h2-5,10H,6-8H2,1H3/t10-/m0/s1. The molecule has 1 heterocycles. The predicted molar refractivity (Wildman–Crippen MR) is 59.0 cm³/mol. The number of ether oxygens (including phenoxy) is 1. The molecule has 1 aliphatic heterocycles. The Kier molecular flexibility index (Phi) is 2.69. The molecule has 0 radical (unpaired) electrons. The molecule has 1 aromatic rings. The Bertz CT molecular complexity index is 433. The summed E-state index contributed by atoms with van der Waals surface area (Å²) in [5.41, 5.74) is 1.09. The predicted octanol–water partition coefficient (Wildman–Crippen LogP) is 1.60. The first-order chi connectivity index (χ1) is 7.11. The second-order valence-corrected chi connectivity index (χ2v) is 6.10. The van der Waals surface area contributed by atoms with Crippen LogP contribution in [0.5, 0.6) is 5.75 Å². The monoisotopic (exact) mass is 226 g/mol. The number of hydrogen-bond acceptors (Lipinski definition) is 3. The van der Waals surface area contributed by atoms with Gasteiger partial charge >= 0.3 is 0 Å². The lowest BCUT2D eigenvalue weighted by Gasteiger charge is -2.08. The highest BCUT2D eigenvalue weighted by atomic mass is 32.2. The van der Waals surface area contributed by atoms with Gasteiger partial charge in [-0.1, -0.05) is 12.1 Å². The number of sulfone groups is 1. The van der Waals surface area contributed by atoms with Gasteiger partial charge in [0, 0.05) is 0 Å². The maximum Gasteiger partial charge on any atom is 0.150 e. The molecule has 0 saturated carbocycles. The lowest BCUT2D eigenvalue weighted by Crippen LogP contribution is -2.03. The molecule has 0 unspecified atom stereocenters. The summed E-state index contributed by atoms with van der Waals surface area (Å²) >= 11 is 0. The SMILES string of the molecule is COc1ccc([C@H]2CCS(=O)(=O)C2)cc1. The quantitative estimate of drug-likeness (QED) is 0.769.